The number of rotatable bonds is 5. The number of hydrogen-bond donors (Lipinski definition) is 1. The van der Waals surface area contributed by atoms with Crippen LogP contribution in [0.1, 0.15) is 34.3 Å². The van der Waals surface area contributed by atoms with E-state index in [-0.39, 0.29) is 10.6 Å². The van der Waals surface area contributed by atoms with Crippen molar-refractivity contribution < 1.29 is 18.7 Å². The maximum atomic E-state index is 13.3. The molecule has 3 nitrogen and oxygen atoms in total. The molecule has 0 saturated carbocycles. The van der Waals surface area contributed by atoms with Crippen molar-refractivity contribution in [1.82, 2.24) is 4.90 Å². The van der Waals surface area contributed by atoms with E-state index in [2.05, 4.69) is 4.90 Å². The lowest BCUT2D eigenvalue weighted by Crippen LogP contribution is -2.33. The van der Waals surface area contributed by atoms with Crippen LogP contribution in [0, 0.1) is 17.6 Å². The molecule has 0 amide bonds. The minimum Gasteiger partial charge on any atom is -0.478 e. The monoisotopic (exact) mass is 379 g/mol. The molecule has 1 aliphatic heterocycles. The fraction of sp³-hybridized carbons (Fsp3) is 0.350. The topological polar surface area (TPSA) is 40.5 Å². The van der Waals surface area contributed by atoms with Crippen LogP contribution in [0.25, 0.3) is 0 Å². The molecular weight excluding hydrogens is 360 g/mol. The smallest absolute Gasteiger partial charge is 0.337 e. The van der Waals surface area contributed by atoms with Crippen LogP contribution in [0.3, 0.4) is 0 Å². The molecule has 2 aromatic carbocycles. The lowest BCUT2D eigenvalue weighted by Gasteiger charge is -2.32. The summed E-state index contributed by atoms with van der Waals surface area (Å²) in [6.45, 7) is 2.54. The highest BCUT2D eigenvalue weighted by Crippen LogP contribution is 2.25. The molecular formula is C20H20ClF2NO2. The number of likely N-dealkylation sites (tertiary alicyclic amines) is 1. The van der Waals surface area contributed by atoms with E-state index in [1.165, 1.54) is 18.2 Å². The predicted octanol–water partition coefficient (Wildman–Crippen LogP) is 4.77. The van der Waals surface area contributed by atoms with E-state index in [0.29, 0.717) is 5.92 Å². The largest absolute Gasteiger partial charge is 0.478 e. The average Bonchev–Trinajstić information content (AvgIpc) is 2.60. The van der Waals surface area contributed by atoms with Gasteiger partial charge < -0.3 is 5.11 Å². The molecule has 1 fully saturated rings. The molecule has 0 unspecified atom stereocenters. The van der Waals surface area contributed by atoms with Gasteiger partial charge in [-0.05, 0) is 73.7 Å². The summed E-state index contributed by atoms with van der Waals surface area (Å²) >= 11 is 6.02. The van der Waals surface area contributed by atoms with Crippen LogP contribution in [0.2, 0.25) is 5.02 Å². The summed E-state index contributed by atoms with van der Waals surface area (Å²) in [6, 6.07) is 9.16. The van der Waals surface area contributed by atoms with Gasteiger partial charge in [-0.25, -0.2) is 13.6 Å². The van der Waals surface area contributed by atoms with Gasteiger partial charge in [0, 0.05) is 6.54 Å². The lowest BCUT2D eigenvalue weighted by atomic mass is 9.90. The van der Waals surface area contributed by atoms with Crippen LogP contribution >= 0.6 is 11.6 Å². The number of carboxylic acid groups (broad SMARTS) is 1. The molecule has 1 N–H and O–H groups in total. The van der Waals surface area contributed by atoms with Crippen LogP contribution in [0.5, 0.6) is 0 Å². The molecule has 1 aliphatic rings. The number of hydrogen-bond acceptors (Lipinski definition) is 2. The number of halogens is 3. The highest BCUT2D eigenvalue weighted by molar-refractivity contribution is 6.33. The van der Waals surface area contributed by atoms with E-state index in [1.807, 2.05) is 0 Å². The Balaban J connectivity index is 1.53. The fourth-order valence-electron chi connectivity index (χ4n) is 3.44. The van der Waals surface area contributed by atoms with E-state index in [1.54, 1.807) is 18.2 Å². The van der Waals surface area contributed by atoms with Crippen molar-refractivity contribution in [2.24, 2.45) is 5.92 Å². The normalized spacial score (nSPS) is 16.0. The van der Waals surface area contributed by atoms with Gasteiger partial charge in [0.05, 0.1) is 10.6 Å². The van der Waals surface area contributed by atoms with Crippen molar-refractivity contribution >= 4 is 17.6 Å². The van der Waals surface area contributed by atoms with E-state index in [9.17, 15) is 13.6 Å². The van der Waals surface area contributed by atoms with Gasteiger partial charge in [-0.2, -0.15) is 0 Å². The first kappa shape index (κ1) is 18.8. The summed E-state index contributed by atoms with van der Waals surface area (Å²) in [5, 5.41) is 9.27. The van der Waals surface area contributed by atoms with Crippen LogP contribution < -0.4 is 0 Å². The van der Waals surface area contributed by atoms with Crippen LogP contribution in [-0.2, 0) is 13.0 Å². The first-order valence-corrected chi connectivity index (χ1v) is 8.98. The third kappa shape index (κ3) is 4.59. The summed E-state index contributed by atoms with van der Waals surface area (Å²) in [7, 11) is 0. The third-order valence-electron chi connectivity index (χ3n) is 4.89. The number of carbonyl (C=O) groups is 1. The van der Waals surface area contributed by atoms with Gasteiger partial charge >= 0.3 is 5.97 Å². The van der Waals surface area contributed by atoms with Crippen molar-refractivity contribution in [3.63, 3.8) is 0 Å². The number of piperidine rings is 1. The summed E-state index contributed by atoms with van der Waals surface area (Å²) in [4.78, 5) is 13.3. The van der Waals surface area contributed by atoms with E-state index < -0.39 is 17.6 Å². The standard InChI is InChI=1S/C20H20ClF2NO2/c21-17-10-15(1-3-16(17)20(25)26)12-24-7-5-13(6-8-24)9-14-2-4-18(22)19(23)11-14/h1-4,10-11,13H,5-9,12H2,(H,25,26). The minimum atomic E-state index is -1.03. The molecule has 2 aromatic rings. The number of carboxylic acids is 1. The molecule has 0 aromatic heterocycles. The minimum absolute atomic E-state index is 0.112. The zero-order valence-corrected chi connectivity index (χ0v) is 15.0. The maximum absolute atomic E-state index is 13.3. The second kappa shape index (κ2) is 8.14. The van der Waals surface area contributed by atoms with Crippen LogP contribution in [0.15, 0.2) is 36.4 Å². The third-order valence-corrected chi connectivity index (χ3v) is 5.20. The van der Waals surface area contributed by atoms with Crippen molar-refractivity contribution in [1.29, 1.82) is 0 Å². The molecule has 0 radical (unpaired) electrons. The van der Waals surface area contributed by atoms with Crippen molar-refractivity contribution in [3.8, 4) is 0 Å². The van der Waals surface area contributed by atoms with E-state index >= 15 is 0 Å². The number of benzene rings is 2. The zero-order valence-electron chi connectivity index (χ0n) is 14.2. The molecule has 1 saturated heterocycles. The summed E-state index contributed by atoms with van der Waals surface area (Å²) < 4.78 is 26.3. The molecule has 26 heavy (non-hydrogen) atoms. The highest BCUT2D eigenvalue weighted by Gasteiger charge is 2.20. The second-order valence-corrected chi connectivity index (χ2v) is 7.20. The Morgan fingerprint density at radius 2 is 1.77 bits per heavy atom. The molecule has 1 heterocycles. The van der Waals surface area contributed by atoms with Gasteiger partial charge in [0.2, 0.25) is 0 Å². The van der Waals surface area contributed by atoms with Gasteiger partial charge in [-0.15, -0.1) is 0 Å². The van der Waals surface area contributed by atoms with Gasteiger partial charge in [0.1, 0.15) is 0 Å². The Morgan fingerprint density at radius 3 is 2.38 bits per heavy atom. The molecule has 6 heteroatoms. The molecule has 138 valence electrons. The molecule has 0 spiro atoms. The number of aromatic carboxylic acids is 1. The Morgan fingerprint density at radius 1 is 1.08 bits per heavy atom. The Labute approximate surface area is 156 Å². The maximum Gasteiger partial charge on any atom is 0.337 e. The Hall–Kier alpha value is -1.98. The Kier molecular flexibility index (Phi) is 5.89. The van der Waals surface area contributed by atoms with Gasteiger partial charge in [-0.3, -0.25) is 4.90 Å². The SMILES string of the molecule is O=C(O)c1ccc(CN2CCC(Cc3ccc(F)c(F)c3)CC2)cc1Cl. The van der Waals surface area contributed by atoms with Crippen molar-refractivity contribution in [2.45, 2.75) is 25.8 Å². The van der Waals surface area contributed by atoms with E-state index in [0.717, 1.165) is 50.0 Å². The number of nitrogens with zero attached hydrogens (tertiary/aromatic N) is 1. The molecule has 0 aliphatic carbocycles. The van der Waals surface area contributed by atoms with Crippen LogP contribution in [0.4, 0.5) is 8.78 Å². The molecule has 0 atom stereocenters. The molecule has 3 rings (SSSR count). The highest BCUT2D eigenvalue weighted by atomic mass is 35.5. The summed E-state index contributed by atoms with van der Waals surface area (Å²) in [5.74, 6) is -2.17. The summed E-state index contributed by atoms with van der Waals surface area (Å²) in [6.07, 6.45) is 2.73. The molecule has 0 bridgehead atoms. The average molecular weight is 380 g/mol. The quantitative estimate of drug-likeness (QED) is 0.813. The second-order valence-electron chi connectivity index (χ2n) is 6.79. The van der Waals surface area contributed by atoms with Gasteiger partial charge in [0.15, 0.2) is 11.6 Å². The van der Waals surface area contributed by atoms with Crippen molar-refractivity contribution in [2.75, 3.05) is 13.1 Å². The predicted molar refractivity (Wildman–Crippen MR) is 96.5 cm³/mol. The van der Waals surface area contributed by atoms with Gasteiger partial charge in [0.25, 0.3) is 0 Å². The first-order valence-electron chi connectivity index (χ1n) is 8.60. The van der Waals surface area contributed by atoms with Crippen LogP contribution in [-0.4, -0.2) is 29.1 Å². The first-order chi connectivity index (χ1) is 12.4. The Bertz CT molecular complexity index is 804. The zero-order chi connectivity index (χ0) is 18.7. The van der Waals surface area contributed by atoms with E-state index in [4.69, 9.17) is 16.7 Å². The lowest BCUT2D eigenvalue weighted by molar-refractivity contribution is 0.0697. The summed E-state index contributed by atoms with van der Waals surface area (Å²) in [5.41, 5.74) is 1.93. The fourth-order valence-corrected chi connectivity index (χ4v) is 3.72. The van der Waals surface area contributed by atoms with Gasteiger partial charge in [-0.1, -0.05) is 23.7 Å². The van der Waals surface area contributed by atoms with Crippen molar-refractivity contribution in [3.05, 3.63) is 69.7 Å².